The first-order valence-electron chi connectivity index (χ1n) is 5.61. The molecule has 0 aliphatic heterocycles. The molecule has 0 radical (unpaired) electrons. The van der Waals surface area contributed by atoms with Crippen molar-refractivity contribution in [2.45, 2.75) is 26.3 Å². The third-order valence-electron chi connectivity index (χ3n) is 2.57. The second-order valence-corrected chi connectivity index (χ2v) is 3.89. The minimum absolute atomic E-state index is 0.157. The number of aliphatic carboxylic acids is 1. The SMILES string of the molecule is CCC(C)C(NC(=O)Nc1cnccn1)C(=O)O. The standard InChI is InChI=1S/C11H16N4O3/c1-3-7(2)9(10(16)17)15-11(18)14-8-6-12-4-5-13-8/h4-7,9H,3H2,1-2H3,(H,16,17)(H2,13,14,15,18). The van der Waals surface area contributed by atoms with Crippen LogP contribution in [0.4, 0.5) is 10.6 Å². The fraction of sp³-hybridized carbons (Fsp3) is 0.455. The fourth-order valence-electron chi connectivity index (χ4n) is 1.34. The summed E-state index contributed by atoms with van der Waals surface area (Å²) in [7, 11) is 0. The topological polar surface area (TPSA) is 104 Å². The van der Waals surface area contributed by atoms with Crippen LogP contribution in [0.25, 0.3) is 0 Å². The van der Waals surface area contributed by atoms with Gasteiger partial charge in [0.05, 0.1) is 6.20 Å². The molecule has 0 saturated carbocycles. The van der Waals surface area contributed by atoms with Crippen LogP contribution < -0.4 is 10.6 Å². The number of hydrogen-bond donors (Lipinski definition) is 3. The number of hydrogen-bond acceptors (Lipinski definition) is 4. The van der Waals surface area contributed by atoms with E-state index in [4.69, 9.17) is 5.11 Å². The van der Waals surface area contributed by atoms with Gasteiger partial charge in [-0.15, -0.1) is 0 Å². The molecule has 0 aliphatic rings. The number of carboxylic acid groups (broad SMARTS) is 1. The molecule has 1 rings (SSSR count). The number of amides is 2. The number of carboxylic acids is 1. The highest BCUT2D eigenvalue weighted by Crippen LogP contribution is 2.08. The van der Waals surface area contributed by atoms with Gasteiger partial charge in [-0.05, 0) is 5.92 Å². The zero-order valence-electron chi connectivity index (χ0n) is 10.3. The molecule has 0 saturated heterocycles. The molecule has 2 unspecified atom stereocenters. The number of aromatic nitrogens is 2. The summed E-state index contributed by atoms with van der Waals surface area (Å²) in [5.74, 6) is -0.947. The molecular weight excluding hydrogens is 236 g/mol. The third-order valence-corrected chi connectivity index (χ3v) is 2.57. The second kappa shape index (κ2) is 6.53. The minimum atomic E-state index is -1.06. The van der Waals surface area contributed by atoms with Crippen molar-refractivity contribution in [2.75, 3.05) is 5.32 Å². The smallest absolute Gasteiger partial charge is 0.326 e. The summed E-state index contributed by atoms with van der Waals surface area (Å²) in [6, 6.07) is -1.53. The van der Waals surface area contributed by atoms with Gasteiger partial charge in [0.25, 0.3) is 0 Å². The van der Waals surface area contributed by atoms with Crippen molar-refractivity contribution in [3.05, 3.63) is 18.6 Å². The fourth-order valence-corrected chi connectivity index (χ4v) is 1.34. The highest BCUT2D eigenvalue weighted by atomic mass is 16.4. The van der Waals surface area contributed by atoms with E-state index in [1.54, 1.807) is 6.92 Å². The molecule has 1 heterocycles. The Morgan fingerprint density at radius 1 is 1.44 bits per heavy atom. The lowest BCUT2D eigenvalue weighted by atomic mass is 9.99. The number of carbonyl (C=O) groups is 2. The van der Waals surface area contributed by atoms with Crippen molar-refractivity contribution >= 4 is 17.8 Å². The lowest BCUT2D eigenvalue weighted by Crippen LogP contribution is -2.46. The van der Waals surface area contributed by atoms with Crippen molar-refractivity contribution in [2.24, 2.45) is 5.92 Å². The predicted octanol–water partition coefficient (Wildman–Crippen LogP) is 1.10. The maximum Gasteiger partial charge on any atom is 0.326 e. The van der Waals surface area contributed by atoms with Crippen LogP contribution >= 0.6 is 0 Å². The van der Waals surface area contributed by atoms with Gasteiger partial charge in [-0.2, -0.15) is 0 Å². The summed E-state index contributed by atoms with van der Waals surface area (Å²) < 4.78 is 0. The van der Waals surface area contributed by atoms with Crippen molar-refractivity contribution in [1.29, 1.82) is 0 Å². The van der Waals surface area contributed by atoms with Gasteiger partial charge in [-0.1, -0.05) is 20.3 Å². The largest absolute Gasteiger partial charge is 0.480 e. The van der Waals surface area contributed by atoms with E-state index in [1.807, 2.05) is 6.92 Å². The molecule has 1 aromatic rings. The van der Waals surface area contributed by atoms with Gasteiger partial charge in [0.15, 0.2) is 5.82 Å². The van der Waals surface area contributed by atoms with Gasteiger partial charge in [0.1, 0.15) is 6.04 Å². The lowest BCUT2D eigenvalue weighted by molar-refractivity contribution is -0.140. The van der Waals surface area contributed by atoms with Gasteiger partial charge in [-0.3, -0.25) is 10.3 Å². The van der Waals surface area contributed by atoms with Crippen molar-refractivity contribution in [3.63, 3.8) is 0 Å². The Morgan fingerprint density at radius 3 is 2.67 bits per heavy atom. The quantitative estimate of drug-likeness (QED) is 0.727. The second-order valence-electron chi connectivity index (χ2n) is 3.89. The number of rotatable bonds is 5. The molecule has 0 fully saturated rings. The average Bonchev–Trinajstić information content (AvgIpc) is 2.36. The van der Waals surface area contributed by atoms with Crippen LogP contribution in [0.15, 0.2) is 18.6 Å². The van der Waals surface area contributed by atoms with Crippen LogP contribution in [0.3, 0.4) is 0 Å². The van der Waals surface area contributed by atoms with E-state index in [2.05, 4.69) is 20.6 Å². The number of urea groups is 1. The first-order chi connectivity index (χ1) is 8.54. The summed E-state index contributed by atoms with van der Waals surface area (Å²) in [5, 5.41) is 13.8. The maximum atomic E-state index is 11.6. The normalized spacial score (nSPS) is 13.4. The van der Waals surface area contributed by atoms with E-state index in [0.29, 0.717) is 6.42 Å². The molecule has 0 aromatic carbocycles. The van der Waals surface area contributed by atoms with E-state index >= 15 is 0 Å². The molecule has 7 nitrogen and oxygen atoms in total. The van der Waals surface area contributed by atoms with E-state index < -0.39 is 18.0 Å². The van der Waals surface area contributed by atoms with Gasteiger partial charge in [0, 0.05) is 12.4 Å². The van der Waals surface area contributed by atoms with Crippen LogP contribution in [0.2, 0.25) is 0 Å². The van der Waals surface area contributed by atoms with E-state index in [-0.39, 0.29) is 11.7 Å². The summed E-state index contributed by atoms with van der Waals surface area (Å²) in [6.07, 6.45) is 4.93. The number of anilines is 1. The highest BCUT2D eigenvalue weighted by Gasteiger charge is 2.25. The molecule has 18 heavy (non-hydrogen) atoms. The highest BCUT2D eigenvalue weighted by molar-refractivity contribution is 5.91. The number of nitrogens with zero attached hydrogens (tertiary/aromatic N) is 2. The van der Waals surface area contributed by atoms with Crippen LogP contribution in [-0.2, 0) is 4.79 Å². The van der Waals surface area contributed by atoms with Crippen LogP contribution in [-0.4, -0.2) is 33.1 Å². The average molecular weight is 252 g/mol. The lowest BCUT2D eigenvalue weighted by Gasteiger charge is -2.20. The van der Waals surface area contributed by atoms with E-state index in [9.17, 15) is 9.59 Å². The molecule has 2 amide bonds. The predicted molar refractivity (Wildman–Crippen MR) is 65.1 cm³/mol. The number of nitrogens with one attached hydrogen (secondary N) is 2. The number of carbonyl (C=O) groups excluding carboxylic acids is 1. The Morgan fingerprint density at radius 2 is 2.17 bits per heavy atom. The zero-order valence-corrected chi connectivity index (χ0v) is 10.3. The Bertz CT molecular complexity index is 410. The molecule has 0 aliphatic carbocycles. The summed E-state index contributed by atoms with van der Waals surface area (Å²) in [4.78, 5) is 30.2. The minimum Gasteiger partial charge on any atom is -0.480 e. The van der Waals surface area contributed by atoms with Crippen molar-refractivity contribution in [1.82, 2.24) is 15.3 Å². The first-order valence-corrected chi connectivity index (χ1v) is 5.61. The molecule has 0 bridgehead atoms. The third kappa shape index (κ3) is 4.00. The van der Waals surface area contributed by atoms with Gasteiger partial charge in [0.2, 0.25) is 0 Å². The first kappa shape index (κ1) is 13.9. The Labute approximate surface area is 105 Å². The Balaban J connectivity index is 2.60. The summed E-state index contributed by atoms with van der Waals surface area (Å²) in [6.45, 7) is 3.63. The van der Waals surface area contributed by atoms with Gasteiger partial charge >= 0.3 is 12.0 Å². The Hall–Kier alpha value is -2.18. The van der Waals surface area contributed by atoms with Crippen molar-refractivity contribution in [3.8, 4) is 0 Å². The van der Waals surface area contributed by atoms with Gasteiger partial charge < -0.3 is 10.4 Å². The molecular formula is C11H16N4O3. The monoisotopic (exact) mass is 252 g/mol. The van der Waals surface area contributed by atoms with Gasteiger partial charge in [-0.25, -0.2) is 14.6 Å². The Kier molecular flexibility index (Phi) is 5.04. The molecule has 3 N–H and O–H groups in total. The molecule has 1 aromatic heterocycles. The molecule has 0 spiro atoms. The van der Waals surface area contributed by atoms with Crippen LogP contribution in [0.1, 0.15) is 20.3 Å². The summed E-state index contributed by atoms with van der Waals surface area (Å²) >= 11 is 0. The summed E-state index contributed by atoms with van der Waals surface area (Å²) in [5.41, 5.74) is 0. The van der Waals surface area contributed by atoms with Crippen molar-refractivity contribution < 1.29 is 14.7 Å². The molecule has 98 valence electrons. The maximum absolute atomic E-state index is 11.6. The van der Waals surface area contributed by atoms with Crippen LogP contribution in [0.5, 0.6) is 0 Å². The zero-order chi connectivity index (χ0) is 13.5. The molecule has 2 atom stereocenters. The van der Waals surface area contributed by atoms with Crippen LogP contribution in [0, 0.1) is 5.92 Å². The van der Waals surface area contributed by atoms with E-state index in [0.717, 1.165) is 0 Å². The molecule has 7 heteroatoms. The van der Waals surface area contributed by atoms with E-state index in [1.165, 1.54) is 18.6 Å².